The monoisotopic (exact) mass is 233 g/mol. The molecular formula is C9H13ClNO2P. The molecule has 5 heteroatoms. The molecule has 0 saturated heterocycles. The highest BCUT2D eigenvalue weighted by Crippen LogP contribution is 2.48. The largest absolute Gasteiger partial charge is 0.422 e. The van der Waals surface area contributed by atoms with Gasteiger partial charge in [0, 0.05) is 17.3 Å². The minimum Gasteiger partial charge on any atom is -0.422 e. The molecule has 3 nitrogen and oxygen atoms in total. The van der Waals surface area contributed by atoms with Gasteiger partial charge in [-0.1, -0.05) is 18.2 Å². The number of para-hydroxylation sites is 1. The van der Waals surface area contributed by atoms with E-state index in [-0.39, 0.29) is 6.04 Å². The van der Waals surface area contributed by atoms with Crippen LogP contribution in [-0.4, -0.2) is 6.04 Å². The van der Waals surface area contributed by atoms with Crippen LogP contribution in [0.3, 0.4) is 0 Å². The molecule has 1 N–H and O–H groups in total. The summed E-state index contributed by atoms with van der Waals surface area (Å²) in [7, 11) is 0. The van der Waals surface area contributed by atoms with E-state index in [4.69, 9.17) is 15.8 Å². The van der Waals surface area contributed by atoms with Crippen molar-refractivity contribution < 1.29 is 9.09 Å². The SMILES string of the molecule is CC(C)NP(=O)(Cl)Oc1ccccc1. The van der Waals surface area contributed by atoms with E-state index >= 15 is 0 Å². The van der Waals surface area contributed by atoms with Crippen LogP contribution < -0.4 is 9.61 Å². The Balaban J connectivity index is 2.64. The number of benzene rings is 1. The summed E-state index contributed by atoms with van der Waals surface area (Å²) in [5.74, 6) is 0.499. The summed E-state index contributed by atoms with van der Waals surface area (Å²) in [5, 5.41) is 2.67. The van der Waals surface area contributed by atoms with E-state index in [1.54, 1.807) is 24.3 Å². The Bertz CT molecular complexity index is 329. The van der Waals surface area contributed by atoms with Crippen LogP contribution in [0.25, 0.3) is 0 Å². The molecule has 0 saturated carbocycles. The topological polar surface area (TPSA) is 38.3 Å². The second kappa shape index (κ2) is 4.83. The van der Waals surface area contributed by atoms with Crippen LogP contribution in [0.4, 0.5) is 0 Å². The van der Waals surface area contributed by atoms with Gasteiger partial charge in [-0.05, 0) is 26.0 Å². The smallest absolute Gasteiger partial charge is 0.409 e. The minimum absolute atomic E-state index is 0.0158. The number of rotatable bonds is 4. The quantitative estimate of drug-likeness (QED) is 0.810. The maximum Gasteiger partial charge on any atom is 0.409 e. The Hall–Kier alpha value is -0.500. The predicted molar refractivity (Wildman–Crippen MR) is 58.8 cm³/mol. The molecule has 0 spiro atoms. The van der Waals surface area contributed by atoms with E-state index in [9.17, 15) is 4.57 Å². The fourth-order valence-electron chi connectivity index (χ4n) is 0.952. The zero-order valence-electron chi connectivity index (χ0n) is 8.11. The predicted octanol–water partition coefficient (Wildman–Crippen LogP) is 3.41. The fourth-order valence-corrected chi connectivity index (χ4v) is 2.84. The lowest BCUT2D eigenvalue weighted by atomic mass is 10.3. The van der Waals surface area contributed by atoms with Crippen LogP contribution in [-0.2, 0) is 4.57 Å². The van der Waals surface area contributed by atoms with Crippen molar-refractivity contribution >= 4 is 18.1 Å². The van der Waals surface area contributed by atoms with Crippen molar-refractivity contribution in [3.8, 4) is 5.75 Å². The zero-order valence-corrected chi connectivity index (χ0v) is 9.76. The van der Waals surface area contributed by atoms with Gasteiger partial charge in [0.2, 0.25) is 0 Å². The van der Waals surface area contributed by atoms with Gasteiger partial charge in [-0.25, -0.2) is 9.65 Å². The lowest BCUT2D eigenvalue weighted by Crippen LogP contribution is -2.19. The molecule has 0 radical (unpaired) electrons. The van der Waals surface area contributed by atoms with E-state index in [1.807, 2.05) is 19.9 Å². The lowest BCUT2D eigenvalue weighted by molar-refractivity contribution is 0.477. The molecule has 78 valence electrons. The molecule has 0 bridgehead atoms. The average molecular weight is 234 g/mol. The number of nitrogens with one attached hydrogen (secondary N) is 1. The van der Waals surface area contributed by atoms with Gasteiger partial charge in [0.05, 0.1) is 0 Å². The molecule has 0 aromatic heterocycles. The van der Waals surface area contributed by atoms with Crippen LogP contribution in [0.15, 0.2) is 30.3 Å². The Morgan fingerprint density at radius 3 is 2.43 bits per heavy atom. The maximum absolute atomic E-state index is 11.6. The van der Waals surface area contributed by atoms with Gasteiger partial charge in [-0.3, -0.25) is 0 Å². The van der Waals surface area contributed by atoms with E-state index in [2.05, 4.69) is 5.09 Å². The lowest BCUT2D eigenvalue weighted by Gasteiger charge is -2.15. The van der Waals surface area contributed by atoms with Gasteiger partial charge >= 0.3 is 6.87 Å². The highest BCUT2D eigenvalue weighted by Gasteiger charge is 2.21. The van der Waals surface area contributed by atoms with Crippen molar-refractivity contribution in [3.63, 3.8) is 0 Å². The summed E-state index contributed by atoms with van der Waals surface area (Å²) in [6.07, 6.45) is 0. The summed E-state index contributed by atoms with van der Waals surface area (Å²) in [6.45, 7) is 0.453. The van der Waals surface area contributed by atoms with Crippen molar-refractivity contribution in [2.45, 2.75) is 19.9 Å². The second-order valence-electron chi connectivity index (χ2n) is 3.17. The highest BCUT2D eigenvalue weighted by atomic mass is 35.7. The van der Waals surface area contributed by atoms with Crippen LogP contribution >= 0.6 is 18.1 Å². The van der Waals surface area contributed by atoms with Gasteiger partial charge in [0.25, 0.3) is 0 Å². The first-order valence-electron chi connectivity index (χ1n) is 4.32. The Morgan fingerprint density at radius 1 is 1.36 bits per heavy atom. The first-order valence-corrected chi connectivity index (χ1v) is 6.85. The summed E-state index contributed by atoms with van der Waals surface area (Å²) in [6, 6.07) is 8.86. The third kappa shape index (κ3) is 4.14. The van der Waals surface area contributed by atoms with Crippen LogP contribution in [0, 0.1) is 0 Å². The molecule has 1 rings (SSSR count). The van der Waals surface area contributed by atoms with Gasteiger partial charge in [-0.15, -0.1) is 0 Å². The van der Waals surface area contributed by atoms with Crippen LogP contribution in [0.5, 0.6) is 5.75 Å². The van der Waals surface area contributed by atoms with Gasteiger partial charge in [0.15, 0.2) is 0 Å². The summed E-state index contributed by atoms with van der Waals surface area (Å²) < 4.78 is 16.7. The van der Waals surface area contributed by atoms with Crippen LogP contribution in [0.2, 0.25) is 0 Å². The van der Waals surface area contributed by atoms with E-state index in [0.29, 0.717) is 5.75 Å². The zero-order chi connectivity index (χ0) is 10.6. The molecular weight excluding hydrogens is 221 g/mol. The van der Waals surface area contributed by atoms with E-state index in [1.165, 1.54) is 0 Å². The number of hydrogen-bond acceptors (Lipinski definition) is 2. The first-order chi connectivity index (χ1) is 6.49. The van der Waals surface area contributed by atoms with Crippen molar-refractivity contribution in [1.29, 1.82) is 0 Å². The van der Waals surface area contributed by atoms with Crippen molar-refractivity contribution in [3.05, 3.63) is 30.3 Å². The van der Waals surface area contributed by atoms with Gasteiger partial charge in [0.1, 0.15) is 5.75 Å². The molecule has 1 aromatic carbocycles. The minimum atomic E-state index is -3.25. The fraction of sp³-hybridized carbons (Fsp3) is 0.333. The molecule has 1 aromatic rings. The van der Waals surface area contributed by atoms with Crippen LogP contribution in [0.1, 0.15) is 13.8 Å². The molecule has 0 aliphatic carbocycles. The molecule has 0 aliphatic rings. The summed E-state index contributed by atoms with van der Waals surface area (Å²) in [5.41, 5.74) is 0. The maximum atomic E-state index is 11.6. The van der Waals surface area contributed by atoms with Crippen molar-refractivity contribution in [1.82, 2.24) is 5.09 Å². The summed E-state index contributed by atoms with van der Waals surface area (Å²) in [4.78, 5) is 0. The molecule has 0 amide bonds. The molecule has 0 heterocycles. The standard InChI is InChI=1S/C9H13ClNO2P/c1-8(2)11-14(10,12)13-9-6-4-3-5-7-9/h3-8H,1-2H3,(H,11,12). The van der Waals surface area contributed by atoms with E-state index in [0.717, 1.165) is 0 Å². The van der Waals surface area contributed by atoms with Gasteiger partial charge in [-0.2, -0.15) is 0 Å². The van der Waals surface area contributed by atoms with Gasteiger partial charge < -0.3 is 4.52 Å². The van der Waals surface area contributed by atoms with Crippen molar-refractivity contribution in [2.24, 2.45) is 0 Å². The molecule has 1 unspecified atom stereocenters. The molecule has 0 fully saturated rings. The number of hydrogen-bond donors (Lipinski definition) is 1. The average Bonchev–Trinajstić information content (AvgIpc) is 2.02. The Morgan fingerprint density at radius 2 is 1.93 bits per heavy atom. The molecule has 0 aliphatic heterocycles. The Labute approximate surface area is 88.7 Å². The number of halogens is 1. The molecule has 1 atom stereocenters. The third-order valence-electron chi connectivity index (χ3n) is 1.38. The normalized spacial score (nSPS) is 15.1. The third-order valence-corrected chi connectivity index (χ3v) is 3.15. The highest BCUT2D eigenvalue weighted by molar-refractivity contribution is 7.84. The molecule has 14 heavy (non-hydrogen) atoms. The first kappa shape index (κ1) is 11.6. The summed E-state index contributed by atoms with van der Waals surface area (Å²) >= 11 is 5.69. The van der Waals surface area contributed by atoms with E-state index < -0.39 is 6.87 Å². The second-order valence-corrected chi connectivity index (χ2v) is 5.90. The Kier molecular flexibility index (Phi) is 3.99. The van der Waals surface area contributed by atoms with Crippen molar-refractivity contribution in [2.75, 3.05) is 0 Å².